The van der Waals surface area contributed by atoms with E-state index in [1.807, 2.05) is 6.07 Å². The second kappa shape index (κ2) is 10.2. The fourth-order valence-electron chi connectivity index (χ4n) is 6.61. The number of ketones is 2. The van der Waals surface area contributed by atoms with E-state index in [1.54, 1.807) is 30.3 Å². The molecule has 0 spiro atoms. The summed E-state index contributed by atoms with van der Waals surface area (Å²) in [6.07, 6.45) is -1.77. The van der Waals surface area contributed by atoms with Crippen LogP contribution in [-0.2, 0) is 30.9 Å². The Bertz CT molecular complexity index is 1550. The minimum Gasteiger partial charge on any atom is -0.508 e. The molecule has 3 aliphatic carbocycles. The number of carbonyl (C=O) groups excluding carboxylic acids is 3. The number of primary amides is 1. The van der Waals surface area contributed by atoms with Gasteiger partial charge in [-0.3, -0.25) is 23.5 Å². The molecule has 0 aromatic heterocycles. The number of rotatable bonds is 6. The maximum atomic E-state index is 14.2. The molecule has 2 aromatic rings. The molecule has 2 aromatic carbocycles. The van der Waals surface area contributed by atoms with Crippen molar-refractivity contribution in [2.75, 3.05) is 19.8 Å². The maximum Gasteiger partial charge on any atom is 0.255 e. The summed E-state index contributed by atoms with van der Waals surface area (Å²) < 4.78 is 13.5. The smallest absolute Gasteiger partial charge is 0.255 e. The zero-order valence-electron chi connectivity index (χ0n) is 22.2. The van der Waals surface area contributed by atoms with E-state index in [1.165, 1.54) is 31.1 Å². The van der Waals surface area contributed by atoms with Gasteiger partial charge in [0, 0.05) is 39.7 Å². The summed E-state index contributed by atoms with van der Waals surface area (Å²) in [5.41, 5.74) is 1.79. The summed E-state index contributed by atoms with van der Waals surface area (Å²) in [7, 11) is 1.30. The van der Waals surface area contributed by atoms with Gasteiger partial charge in [-0.2, -0.15) is 0 Å². The van der Waals surface area contributed by atoms with Crippen LogP contribution in [0.15, 0.2) is 65.4 Å². The van der Waals surface area contributed by atoms with Crippen LogP contribution in [0.25, 0.3) is 5.76 Å². The van der Waals surface area contributed by atoms with Gasteiger partial charge in [0.05, 0.1) is 23.6 Å². The second-order valence-electron chi connectivity index (χ2n) is 10.8. The number of phenols is 1. The van der Waals surface area contributed by atoms with E-state index in [9.17, 15) is 44.1 Å². The van der Waals surface area contributed by atoms with Crippen molar-refractivity contribution in [1.29, 1.82) is 0 Å². The van der Waals surface area contributed by atoms with E-state index in [-0.39, 0.29) is 17.1 Å². The fourth-order valence-corrected chi connectivity index (χ4v) is 8.08. The number of phenolic OH excluding ortho intramolecular Hbond substituents is 1. The van der Waals surface area contributed by atoms with Crippen LogP contribution in [0.2, 0.25) is 0 Å². The van der Waals surface area contributed by atoms with E-state index < -0.39 is 92.2 Å². The third-order valence-electron chi connectivity index (χ3n) is 8.33. The molecule has 1 saturated carbocycles. The molecule has 41 heavy (non-hydrogen) atoms. The normalized spacial score (nSPS) is 30.1. The van der Waals surface area contributed by atoms with Crippen molar-refractivity contribution in [2.45, 2.75) is 29.4 Å². The van der Waals surface area contributed by atoms with Gasteiger partial charge < -0.3 is 31.3 Å². The Balaban J connectivity index is 1.72. The number of carbonyl (C=O) groups is 3. The number of hydrogen-bond acceptors (Lipinski definition) is 10. The second-order valence-corrected chi connectivity index (χ2v) is 12.3. The van der Waals surface area contributed by atoms with Crippen molar-refractivity contribution in [3.63, 3.8) is 0 Å². The lowest BCUT2D eigenvalue weighted by Gasteiger charge is -2.54. The number of aliphatic hydroxyl groups excluding tert-OH is 3. The number of aromatic hydroxyl groups is 1. The molecule has 1 fully saturated rings. The predicted molar refractivity (Wildman–Crippen MR) is 148 cm³/mol. The summed E-state index contributed by atoms with van der Waals surface area (Å²) in [4.78, 5) is 41.0. The van der Waals surface area contributed by atoms with Gasteiger partial charge in [-0.15, -0.1) is 0 Å². The molecule has 0 heterocycles. The molecule has 7 N–H and O–H groups in total. The van der Waals surface area contributed by atoms with Gasteiger partial charge in [0.15, 0.2) is 11.4 Å². The highest BCUT2D eigenvalue weighted by atomic mass is 32.2. The summed E-state index contributed by atoms with van der Waals surface area (Å²) in [6, 6.07) is 11.9. The van der Waals surface area contributed by atoms with Crippen molar-refractivity contribution < 1.29 is 44.1 Å². The first-order valence-corrected chi connectivity index (χ1v) is 14.3. The lowest BCUT2D eigenvalue weighted by atomic mass is 9.54. The summed E-state index contributed by atoms with van der Waals surface area (Å²) in [5, 5.41) is 56.8. The molecular weight excluding hydrogens is 552 g/mol. The summed E-state index contributed by atoms with van der Waals surface area (Å²) in [5.74, 6) is -9.96. The highest BCUT2D eigenvalue weighted by Crippen LogP contribution is 2.56. The van der Waals surface area contributed by atoms with E-state index in [0.29, 0.717) is 5.56 Å². The third-order valence-corrected chi connectivity index (χ3v) is 9.72. The van der Waals surface area contributed by atoms with Crippen LogP contribution in [0, 0.1) is 11.8 Å². The van der Waals surface area contributed by atoms with Crippen molar-refractivity contribution in [3.8, 4) is 5.75 Å². The number of likely N-dealkylation sites (N-methyl/N-ethyl adjacent to an activating group) is 1. The van der Waals surface area contributed by atoms with Gasteiger partial charge in [0.25, 0.3) is 5.91 Å². The lowest BCUT2D eigenvalue weighted by Crippen LogP contribution is -2.70. The molecule has 12 heteroatoms. The first-order chi connectivity index (χ1) is 19.3. The number of hydrogen-bond donors (Lipinski definition) is 6. The highest BCUT2D eigenvalue weighted by molar-refractivity contribution is 7.84. The van der Waals surface area contributed by atoms with Crippen LogP contribution in [0.4, 0.5) is 0 Å². The van der Waals surface area contributed by atoms with Crippen LogP contribution in [-0.4, -0.2) is 89.7 Å². The van der Waals surface area contributed by atoms with Crippen LogP contribution < -0.4 is 5.73 Å². The first kappa shape index (κ1) is 28.7. The van der Waals surface area contributed by atoms with Gasteiger partial charge in [-0.25, -0.2) is 0 Å². The van der Waals surface area contributed by atoms with Crippen molar-refractivity contribution in [2.24, 2.45) is 17.6 Å². The van der Waals surface area contributed by atoms with Crippen molar-refractivity contribution in [3.05, 3.63) is 82.1 Å². The summed E-state index contributed by atoms with van der Waals surface area (Å²) in [6.45, 7) is 0. The molecule has 0 aliphatic heterocycles. The Morgan fingerprint density at radius 3 is 2.32 bits per heavy atom. The van der Waals surface area contributed by atoms with E-state index in [0.717, 1.165) is 5.56 Å². The van der Waals surface area contributed by atoms with E-state index >= 15 is 0 Å². The first-order valence-electron chi connectivity index (χ1n) is 12.9. The number of aliphatic hydroxyl groups is 4. The zero-order valence-corrected chi connectivity index (χ0v) is 23.0. The quantitative estimate of drug-likeness (QED) is 0.260. The Morgan fingerprint density at radius 2 is 1.71 bits per heavy atom. The van der Waals surface area contributed by atoms with Crippen LogP contribution >= 0.6 is 0 Å². The Labute approximate surface area is 237 Å². The number of benzene rings is 2. The Morgan fingerprint density at radius 1 is 1.05 bits per heavy atom. The van der Waals surface area contributed by atoms with E-state index in [4.69, 9.17) is 5.73 Å². The molecule has 5 rings (SSSR count). The number of nitrogens with two attached hydrogens (primary N) is 1. The number of amides is 1. The minimum atomic E-state index is -3.01. The van der Waals surface area contributed by atoms with Crippen LogP contribution in [0.5, 0.6) is 5.75 Å². The van der Waals surface area contributed by atoms with Crippen molar-refractivity contribution in [1.82, 2.24) is 4.90 Å². The standard InChI is InChI=1S/C29H30N2O9S/c1-31(2)22-21-24(34)18-15(12-41(40)11-13-7-4-3-5-8-13)14-9-6-10-16(32)17(14)23(33)19(18)26(36)29(21,39)27(37)20(25(22)35)28(30)38/h3-10,15,18,21-22,24,32-34,37,39H,11-12H2,1-2H3,(H2,30,38)/t15-,18?,21?,22-,24-,29-,41?/m0/s1. The van der Waals surface area contributed by atoms with Crippen molar-refractivity contribution >= 4 is 34.0 Å². The van der Waals surface area contributed by atoms with E-state index in [2.05, 4.69) is 0 Å². The van der Waals surface area contributed by atoms with Gasteiger partial charge in [-0.1, -0.05) is 42.5 Å². The predicted octanol–water partition coefficient (Wildman–Crippen LogP) is 0.425. The van der Waals surface area contributed by atoms with Gasteiger partial charge in [0.1, 0.15) is 22.8 Å². The van der Waals surface area contributed by atoms with Crippen LogP contribution in [0.1, 0.15) is 22.6 Å². The average molecular weight is 583 g/mol. The molecule has 1 amide bonds. The van der Waals surface area contributed by atoms with Gasteiger partial charge >= 0.3 is 0 Å². The number of Topliss-reactive ketones (excluding diaryl/α,β-unsaturated/α-hetero) is 2. The largest absolute Gasteiger partial charge is 0.508 e. The Kier molecular flexibility index (Phi) is 7.14. The average Bonchev–Trinajstić information content (AvgIpc) is 2.90. The minimum absolute atomic E-state index is 0.114. The highest BCUT2D eigenvalue weighted by Gasteiger charge is 2.68. The number of nitrogens with zero attached hydrogens (tertiary/aromatic N) is 1. The topological polar surface area (TPSA) is 199 Å². The summed E-state index contributed by atoms with van der Waals surface area (Å²) >= 11 is 0. The molecule has 0 saturated heterocycles. The fraction of sp³-hybridized carbons (Fsp3) is 0.345. The molecule has 11 nitrogen and oxygen atoms in total. The Hall–Kier alpha value is -3.84. The van der Waals surface area contributed by atoms with Crippen LogP contribution in [0.3, 0.4) is 0 Å². The van der Waals surface area contributed by atoms with Gasteiger partial charge in [-0.05, 0) is 31.3 Å². The molecule has 3 aliphatic rings. The zero-order chi connectivity index (χ0) is 30.0. The third kappa shape index (κ3) is 4.21. The lowest BCUT2D eigenvalue weighted by molar-refractivity contribution is -0.169. The molecule has 0 bridgehead atoms. The maximum absolute atomic E-state index is 14.2. The molecular formula is C29H30N2O9S. The molecule has 3 unspecified atom stereocenters. The van der Waals surface area contributed by atoms with Gasteiger partial charge in [0.2, 0.25) is 5.78 Å². The SMILES string of the molecule is CN(C)[C@@H]1C(=O)C(C(N)=O)=C(O)[C@@]2(O)C(=O)C3=C(O)c4c(O)cccc4[C@H](CS(=O)Cc4ccccc4)C3[C@H](O)C12. The molecule has 0 radical (unpaired) electrons. The molecule has 216 valence electrons. The monoisotopic (exact) mass is 582 g/mol. The number of fused-ring (bicyclic) bond motifs is 3. The molecule has 7 atom stereocenters.